The lowest BCUT2D eigenvalue weighted by molar-refractivity contribution is 0.242. The van der Waals surface area contributed by atoms with Crippen molar-refractivity contribution in [3.63, 3.8) is 0 Å². The van der Waals surface area contributed by atoms with Gasteiger partial charge in [-0.25, -0.2) is 0 Å². The number of aryl methyl sites for hydroxylation is 2. The standard InChI is InChI=1S/C18H25N.C17H23N/c1-14-7-9-15(10-8-14)13-18-17-6-4-3-5-16(17)11-12-19(18)2;1-13-6-8-14(9-7-13)12-17-16-5-3-2-4-15(16)10-11-18-17/h7-10,18H,3-6,11-13H2,1-2H3;6-9,17-18H,2-5,10-12H2,1H3/t18-;17-/m00/s1. The average Bonchev–Trinajstić information content (AvgIpc) is 2.93. The lowest BCUT2D eigenvalue weighted by atomic mass is 9.80. The molecular weight excluding hydrogens is 448 g/mol. The summed E-state index contributed by atoms with van der Waals surface area (Å²) in [6.45, 7) is 6.74. The van der Waals surface area contributed by atoms with E-state index in [2.05, 4.69) is 79.6 Å². The van der Waals surface area contributed by atoms with E-state index in [0.717, 1.165) is 0 Å². The van der Waals surface area contributed by atoms with Crippen LogP contribution in [-0.4, -0.2) is 37.1 Å². The van der Waals surface area contributed by atoms with Crippen molar-refractivity contribution in [2.24, 2.45) is 0 Å². The van der Waals surface area contributed by atoms with Crippen molar-refractivity contribution in [1.82, 2.24) is 10.2 Å². The number of rotatable bonds is 4. The van der Waals surface area contributed by atoms with Gasteiger partial charge in [-0.15, -0.1) is 0 Å². The molecule has 2 nitrogen and oxygen atoms in total. The van der Waals surface area contributed by atoms with Crippen molar-refractivity contribution in [2.75, 3.05) is 20.1 Å². The Hall–Kier alpha value is -2.16. The van der Waals surface area contributed by atoms with E-state index >= 15 is 0 Å². The molecule has 0 fully saturated rings. The summed E-state index contributed by atoms with van der Waals surface area (Å²) in [5, 5.41) is 3.72. The highest BCUT2D eigenvalue weighted by molar-refractivity contribution is 5.31. The third-order valence-corrected chi connectivity index (χ3v) is 9.31. The van der Waals surface area contributed by atoms with Crippen LogP contribution in [0.15, 0.2) is 70.8 Å². The molecule has 2 aromatic rings. The number of benzene rings is 2. The van der Waals surface area contributed by atoms with E-state index in [0.29, 0.717) is 12.1 Å². The van der Waals surface area contributed by atoms with E-state index in [9.17, 15) is 0 Å². The van der Waals surface area contributed by atoms with Crippen molar-refractivity contribution < 1.29 is 0 Å². The second-order valence-electron chi connectivity index (χ2n) is 12.1. The van der Waals surface area contributed by atoms with Crippen molar-refractivity contribution in [2.45, 2.75) is 103 Å². The number of nitrogens with one attached hydrogen (secondary N) is 1. The Labute approximate surface area is 226 Å². The zero-order valence-electron chi connectivity index (χ0n) is 23.6. The third kappa shape index (κ3) is 6.84. The molecule has 4 aliphatic rings. The Balaban J connectivity index is 0.000000152. The Morgan fingerprint density at radius 1 is 0.649 bits per heavy atom. The predicted octanol–water partition coefficient (Wildman–Crippen LogP) is 7.88. The molecule has 0 saturated carbocycles. The highest BCUT2D eigenvalue weighted by atomic mass is 15.1. The Bertz CT molecular complexity index is 1090. The molecule has 0 aromatic heterocycles. The van der Waals surface area contributed by atoms with Crippen LogP contribution in [0.3, 0.4) is 0 Å². The van der Waals surface area contributed by atoms with Crippen LogP contribution in [0.2, 0.25) is 0 Å². The molecule has 0 spiro atoms. The second-order valence-corrected chi connectivity index (χ2v) is 12.1. The normalized spacial score (nSPS) is 24.2. The molecule has 0 unspecified atom stereocenters. The van der Waals surface area contributed by atoms with Crippen LogP contribution < -0.4 is 5.32 Å². The SMILES string of the molecule is Cc1ccc(C[C@@H]2NCCC3=C2CCCC3)cc1.Cc1ccc(C[C@H]2C3=C(CCCC3)CCN2C)cc1. The van der Waals surface area contributed by atoms with Crippen LogP contribution in [0.5, 0.6) is 0 Å². The number of likely N-dealkylation sites (N-methyl/N-ethyl adjacent to an activating group) is 1. The van der Waals surface area contributed by atoms with Crippen LogP contribution >= 0.6 is 0 Å². The Morgan fingerprint density at radius 3 is 1.84 bits per heavy atom. The average molecular weight is 497 g/mol. The molecular formula is C35H48N2. The molecule has 2 aliphatic heterocycles. The fourth-order valence-electron chi connectivity index (χ4n) is 7.01. The van der Waals surface area contributed by atoms with Crippen LogP contribution in [0.4, 0.5) is 0 Å². The van der Waals surface area contributed by atoms with Gasteiger partial charge in [-0.2, -0.15) is 0 Å². The first-order valence-electron chi connectivity index (χ1n) is 15.0. The van der Waals surface area contributed by atoms with Crippen LogP contribution in [0.1, 0.15) is 86.5 Å². The van der Waals surface area contributed by atoms with Gasteiger partial charge in [0.15, 0.2) is 0 Å². The quantitative estimate of drug-likeness (QED) is 0.433. The van der Waals surface area contributed by atoms with Gasteiger partial charge >= 0.3 is 0 Å². The van der Waals surface area contributed by atoms with Gasteiger partial charge < -0.3 is 5.32 Å². The zero-order valence-corrected chi connectivity index (χ0v) is 23.6. The molecule has 2 aromatic carbocycles. The van der Waals surface area contributed by atoms with Gasteiger partial charge in [-0.3, -0.25) is 4.90 Å². The minimum absolute atomic E-state index is 0.608. The second kappa shape index (κ2) is 12.6. The maximum atomic E-state index is 3.72. The molecule has 1 N–H and O–H groups in total. The molecule has 37 heavy (non-hydrogen) atoms. The van der Waals surface area contributed by atoms with E-state index in [-0.39, 0.29) is 0 Å². The molecule has 2 atom stereocenters. The monoisotopic (exact) mass is 496 g/mol. The van der Waals surface area contributed by atoms with E-state index in [1.807, 2.05) is 0 Å². The number of nitrogens with zero attached hydrogens (tertiary/aromatic N) is 1. The summed E-state index contributed by atoms with van der Waals surface area (Å²) in [5.74, 6) is 0. The highest BCUT2D eigenvalue weighted by Crippen LogP contribution is 2.36. The fraction of sp³-hybridized carbons (Fsp3) is 0.543. The summed E-state index contributed by atoms with van der Waals surface area (Å²) in [4.78, 5) is 2.57. The molecule has 2 aliphatic carbocycles. The van der Waals surface area contributed by atoms with E-state index in [1.54, 1.807) is 22.3 Å². The summed E-state index contributed by atoms with van der Waals surface area (Å²) in [7, 11) is 2.30. The highest BCUT2D eigenvalue weighted by Gasteiger charge is 2.28. The lowest BCUT2D eigenvalue weighted by Gasteiger charge is -2.39. The van der Waals surface area contributed by atoms with Crippen molar-refractivity contribution >= 4 is 0 Å². The van der Waals surface area contributed by atoms with E-state index < -0.39 is 0 Å². The Morgan fingerprint density at radius 2 is 1.19 bits per heavy atom. The van der Waals surface area contributed by atoms with E-state index in [1.165, 1.54) is 112 Å². The molecule has 198 valence electrons. The van der Waals surface area contributed by atoms with Gasteiger partial charge in [0.25, 0.3) is 0 Å². The fourth-order valence-corrected chi connectivity index (χ4v) is 7.01. The smallest absolute Gasteiger partial charge is 0.0347 e. The lowest BCUT2D eigenvalue weighted by Crippen LogP contribution is -2.40. The first-order valence-corrected chi connectivity index (χ1v) is 15.0. The Kier molecular flexibility index (Phi) is 9.00. The molecule has 2 heterocycles. The maximum Gasteiger partial charge on any atom is 0.0347 e. The van der Waals surface area contributed by atoms with Gasteiger partial charge in [0, 0.05) is 18.6 Å². The zero-order chi connectivity index (χ0) is 25.6. The van der Waals surface area contributed by atoms with Crippen molar-refractivity contribution in [3.05, 3.63) is 93.1 Å². The topological polar surface area (TPSA) is 15.3 Å². The van der Waals surface area contributed by atoms with Gasteiger partial charge in [-0.1, -0.05) is 82.0 Å². The predicted molar refractivity (Wildman–Crippen MR) is 158 cm³/mol. The third-order valence-electron chi connectivity index (χ3n) is 9.31. The minimum atomic E-state index is 0.608. The minimum Gasteiger partial charge on any atom is -0.310 e. The van der Waals surface area contributed by atoms with Crippen molar-refractivity contribution in [1.29, 1.82) is 0 Å². The molecule has 0 bridgehead atoms. The largest absolute Gasteiger partial charge is 0.310 e. The van der Waals surface area contributed by atoms with Gasteiger partial charge in [-0.05, 0) is 116 Å². The maximum absolute atomic E-state index is 3.72. The summed E-state index contributed by atoms with van der Waals surface area (Å²) < 4.78 is 0. The van der Waals surface area contributed by atoms with Gasteiger partial charge in [0.1, 0.15) is 0 Å². The molecule has 0 saturated heterocycles. The molecule has 6 rings (SSSR count). The summed E-state index contributed by atoms with van der Waals surface area (Å²) in [6, 6.07) is 19.4. The van der Waals surface area contributed by atoms with Gasteiger partial charge in [0.05, 0.1) is 0 Å². The first-order chi connectivity index (χ1) is 18.1. The number of hydrogen-bond donors (Lipinski definition) is 1. The van der Waals surface area contributed by atoms with Crippen LogP contribution in [-0.2, 0) is 12.8 Å². The van der Waals surface area contributed by atoms with Crippen molar-refractivity contribution in [3.8, 4) is 0 Å². The van der Waals surface area contributed by atoms with E-state index in [4.69, 9.17) is 0 Å². The van der Waals surface area contributed by atoms with Crippen LogP contribution in [0, 0.1) is 13.8 Å². The molecule has 2 heteroatoms. The summed E-state index contributed by atoms with van der Waals surface area (Å²) in [5.41, 5.74) is 12.8. The summed E-state index contributed by atoms with van der Waals surface area (Å²) in [6.07, 6.45) is 16.0. The van der Waals surface area contributed by atoms with Crippen LogP contribution in [0.25, 0.3) is 0 Å². The van der Waals surface area contributed by atoms with Gasteiger partial charge in [0.2, 0.25) is 0 Å². The first kappa shape index (κ1) is 26.4. The molecule has 0 radical (unpaired) electrons. The molecule has 0 amide bonds. The summed E-state index contributed by atoms with van der Waals surface area (Å²) >= 11 is 0. The number of hydrogen-bond acceptors (Lipinski definition) is 2.